The van der Waals surface area contributed by atoms with Crippen LogP contribution in [0.15, 0.2) is 6.33 Å². The molecule has 0 bridgehead atoms. The smallest absolute Gasteiger partial charge is 0.241 e. The summed E-state index contributed by atoms with van der Waals surface area (Å²) >= 11 is 0. The van der Waals surface area contributed by atoms with E-state index in [1.807, 2.05) is 0 Å². The van der Waals surface area contributed by atoms with Crippen LogP contribution in [0.5, 0.6) is 0 Å². The van der Waals surface area contributed by atoms with Crippen LogP contribution in [0.1, 0.15) is 26.2 Å². The maximum absolute atomic E-state index is 11.6. The van der Waals surface area contributed by atoms with E-state index in [-0.39, 0.29) is 12.5 Å². The van der Waals surface area contributed by atoms with Gasteiger partial charge in [-0.3, -0.25) is 4.79 Å². The van der Waals surface area contributed by atoms with Crippen molar-refractivity contribution in [3.05, 3.63) is 6.33 Å². The average Bonchev–Trinajstić information content (AvgIpc) is 2.87. The van der Waals surface area contributed by atoms with E-state index in [0.717, 1.165) is 18.9 Å². The highest BCUT2D eigenvalue weighted by Crippen LogP contribution is 2.15. The molecule has 1 aliphatic rings. The Hall–Kier alpha value is -1.50. The number of rotatable bonds is 6. The molecule has 2 rings (SSSR count). The molecule has 106 valence electrons. The lowest BCUT2D eigenvalue weighted by molar-refractivity contribution is -0.121. The second kappa shape index (κ2) is 7.18. The van der Waals surface area contributed by atoms with Crippen molar-refractivity contribution in [1.29, 1.82) is 0 Å². The van der Waals surface area contributed by atoms with Gasteiger partial charge in [-0.15, -0.1) is 5.10 Å². The first-order chi connectivity index (χ1) is 9.24. The molecule has 0 unspecified atom stereocenters. The number of aromatic nitrogens is 4. The lowest BCUT2D eigenvalue weighted by Gasteiger charge is -2.30. The van der Waals surface area contributed by atoms with Gasteiger partial charge >= 0.3 is 0 Å². The van der Waals surface area contributed by atoms with Crippen molar-refractivity contribution in [2.45, 2.75) is 32.7 Å². The van der Waals surface area contributed by atoms with E-state index in [0.29, 0.717) is 6.54 Å². The van der Waals surface area contributed by atoms with Crippen molar-refractivity contribution in [3.63, 3.8) is 0 Å². The summed E-state index contributed by atoms with van der Waals surface area (Å²) in [7, 11) is 0. The van der Waals surface area contributed by atoms with Gasteiger partial charge < -0.3 is 10.2 Å². The molecule has 0 aromatic carbocycles. The fourth-order valence-electron chi connectivity index (χ4n) is 2.48. The van der Waals surface area contributed by atoms with Crippen molar-refractivity contribution >= 4 is 5.91 Å². The first kappa shape index (κ1) is 13.9. The van der Waals surface area contributed by atoms with E-state index >= 15 is 0 Å². The summed E-state index contributed by atoms with van der Waals surface area (Å²) in [6.07, 6.45) is 5.08. The van der Waals surface area contributed by atoms with Gasteiger partial charge in [-0.25, -0.2) is 4.68 Å². The van der Waals surface area contributed by atoms with Crippen molar-refractivity contribution in [2.24, 2.45) is 5.92 Å². The third kappa shape index (κ3) is 4.94. The van der Waals surface area contributed by atoms with E-state index in [4.69, 9.17) is 0 Å². The van der Waals surface area contributed by atoms with Crippen molar-refractivity contribution in [2.75, 3.05) is 26.2 Å². The van der Waals surface area contributed by atoms with Crippen LogP contribution in [-0.2, 0) is 11.3 Å². The topological polar surface area (TPSA) is 75.9 Å². The number of carbonyl (C=O) groups excluding carboxylic acids is 1. The highest BCUT2D eigenvalue weighted by Gasteiger charge is 2.15. The van der Waals surface area contributed by atoms with Gasteiger partial charge in [0.1, 0.15) is 12.9 Å². The molecule has 1 aromatic rings. The van der Waals surface area contributed by atoms with E-state index < -0.39 is 0 Å². The summed E-state index contributed by atoms with van der Waals surface area (Å²) in [5, 5.41) is 13.5. The van der Waals surface area contributed by atoms with Gasteiger partial charge in [0.25, 0.3) is 0 Å². The third-order valence-electron chi connectivity index (χ3n) is 3.41. The minimum Gasteiger partial charge on any atom is -0.354 e. The van der Waals surface area contributed by atoms with Gasteiger partial charge in [0.2, 0.25) is 5.91 Å². The summed E-state index contributed by atoms with van der Waals surface area (Å²) in [5.74, 6) is 0.766. The Morgan fingerprint density at radius 1 is 1.53 bits per heavy atom. The van der Waals surface area contributed by atoms with Crippen molar-refractivity contribution in [1.82, 2.24) is 30.4 Å². The standard InChI is InChI=1S/C12H22N6O/c1-11-4-2-6-17(8-11)7-3-5-13-12(19)9-18-10-14-15-16-18/h10-11H,2-9H2,1H3,(H,13,19)/t11-/m1/s1. The third-order valence-corrected chi connectivity index (χ3v) is 3.41. The Bertz CT molecular complexity index is 380. The van der Waals surface area contributed by atoms with Crippen LogP contribution in [0.25, 0.3) is 0 Å². The number of nitrogens with one attached hydrogen (secondary N) is 1. The minimum absolute atomic E-state index is 0.0423. The highest BCUT2D eigenvalue weighted by atomic mass is 16.2. The first-order valence-electron chi connectivity index (χ1n) is 6.94. The van der Waals surface area contributed by atoms with Crippen LogP contribution < -0.4 is 5.32 Å². The summed E-state index contributed by atoms with van der Waals surface area (Å²) in [6.45, 7) is 6.66. The summed E-state index contributed by atoms with van der Waals surface area (Å²) in [4.78, 5) is 14.1. The second-order valence-electron chi connectivity index (χ2n) is 5.26. The fraction of sp³-hybridized carbons (Fsp3) is 0.833. The second-order valence-corrected chi connectivity index (χ2v) is 5.26. The molecular weight excluding hydrogens is 244 g/mol. The predicted octanol–water partition coefficient (Wildman–Crippen LogP) is -0.0887. The normalized spacial score (nSPS) is 20.4. The fourth-order valence-corrected chi connectivity index (χ4v) is 2.48. The van der Waals surface area contributed by atoms with E-state index in [2.05, 4.69) is 32.7 Å². The molecule has 1 aromatic heterocycles. The first-order valence-corrected chi connectivity index (χ1v) is 6.94. The maximum atomic E-state index is 11.6. The molecule has 1 fully saturated rings. The predicted molar refractivity (Wildman–Crippen MR) is 70.3 cm³/mol. The molecule has 1 N–H and O–H groups in total. The van der Waals surface area contributed by atoms with E-state index in [1.54, 1.807) is 0 Å². The van der Waals surface area contributed by atoms with Crippen LogP contribution in [0.4, 0.5) is 0 Å². The number of hydrogen-bond acceptors (Lipinski definition) is 5. The van der Waals surface area contributed by atoms with Gasteiger partial charge in [-0.05, 0) is 48.7 Å². The molecule has 7 nitrogen and oxygen atoms in total. The van der Waals surface area contributed by atoms with Crippen LogP contribution >= 0.6 is 0 Å². The number of nitrogens with zero attached hydrogens (tertiary/aromatic N) is 5. The van der Waals surface area contributed by atoms with E-state index in [1.165, 1.54) is 36.9 Å². The molecule has 7 heteroatoms. The Morgan fingerprint density at radius 3 is 3.16 bits per heavy atom. The molecule has 0 radical (unpaired) electrons. The molecule has 0 spiro atoms. The van der Waals surface area contributed by atoms with Gasteiger partial charge in [0, 0.05) is 13.1 Å². The number of tetrazole rings is 1. The average molecular weight is 266 g/mol. The summed E-state index contributed by atoms with van der Waals surface area (Å²) in [6, 6.07) is 0. The highest BCUT2D eigenvalue weighted by molar-refractivity contribution is 5.75. The lowest BCUT2D eigenvalue weighted by Crippen LogP contribution is -2.37. The van der Waals surface area contributed by atoms with E-state index in [9.17, 15) is 4.79 Å². The molecular formula is C12H22N6O. The molecule has 1 amide bonds. The van der Waals surface area contributed by atoms with Gasteiger partial charge in [-0.1, -0.05) is 6.92 Å². The minimum atomic E-state index is -0.0423. The zero-order valence-electron chi connectivity index (χ0n) is 11.5. The van der Waals surface area contributed by atoms with Crippen LogP contribution in [0.2, 0.25) is 0 Å². The zero-order valence-corrected chi connectivity index (χ0v) is 11.5. The number of amides is 1. The van der Waals surface area contributed by atoms with Crippen LogP contribution in [0, 0.1) is 5.92 Å². The Kier molecular flexibility index (Phi) is 5.26. The summed E-state index contributed by atoms with van der Waals surface area (Å²) < 4.78 is 1.42. The zero-order chi connectivity index (χ0) is 13.5. The Labute approximate surface area is 113 Å². The van der Waals surface area contributed by atoms with Crippen LogP contribution in [0.3, 0.4) is 0 Å². The number of likely N-dealkylation sites (tertiary alicyclic amines) is 1. The molecule has 19 heavy (non-hydrogen) atoms. The number of carbonyl (C=O) groups is 1. The SMILES string of the molecule is C[C@@H]1CCCN(CCCNC(=O)Cn2cnnn2)C1. The van der Waals surface area contributed by atoms with Crippen molar-refractivity contribution < 1.29 is 4.79 Å². The van der Waals surface area contributed by atoms with Gasteiger partial charge in [-0.2, -0.15) is 0 Å². The molecule has 1 aliphatic heterocycles. The summed E-state index contributed by atoms with van der Waals surface area (Å²) in [5.41, 5.74) is 0. The van der Waals surface area contributed by atoms with Crippen molar-refractivity contribution in [3.8, 4) is 0 Å². The Morgan fingerprint density at radius 2 is 2.42 bits per heavy atom. The molecule has 0 aliphatic carbocycles. The quantitative estimate of drug-likeness (QED) is 0.728. The molecule has 1 saturated heterocycles. The molecule has 1 atom stereocenters. The Balaban J connectivity index is 1.55. The van der Waals surface area contributed by atoms with Gasteiger partial charge in [0.05, 0.1) is 0 Å². The van der Waals surface area contributed by atoms with Crippen LogP contribution in [-0.4, -0.2) is 57.2 Å². The molecule has 0 saturated carbocycles. The number of hydrogen-bond donors (Lipinski definition) is 1. The lowest BCUT2D eigenvalue weighted by atomic mass is 10.0. The maximum Gasteiger partial charge on any atom is 0.241 e. The number of piperidine rings is 1. The van der Waals surface area contributed by atoms with Gasteiger partial charge in [0.15, 0.2) is 0 Å². The largest absolute Gasteiger partial charge is 0.354 e. The monoisotopic (exact) mass is 266 g/mol. The molecule has 2 heterocycles.